The molecule has 0 atom stereocenters. The summed E-state index contributed by atoms with van der Waals surface area (Å²) in [4.78, 5) is 0. The highest BCUT2D eigenvalue weighted by molar-refractivity contribution is 9.10. The van der Waals surface area contributed by atoms with Crippen LogP contribution in [0.4, 0.5) is 5.69 Å². The van der Waals surface area contributed by atoms with Crippen molar-refractivity contribution >= 4 is 21.6 Å². The molecule has 1 N–H and O–H groups in total. The Kier molecular flexibility index (Phi) is 2.44. The minimum absolute atomic E-state index is 0.446. The van der Waals surface area contributed by atoms with E-state index in [-0.39, 0.29) is 0 Å². The van der Waals surface area contributed by atoms with E-state index in [1.165, 1.54) is 12.8 Å². The summed E-state index contributed by atoms with van der Waals surface area (Å²) in [6.07, 6.45) is 2.83. The monoisotopic (exact) mass is 241 g/mol. The third kappa shape index (κ3) is 1.97. The summed E-state index contributed by atoms with van der Waals surface area (Å²) in [5, 5.41) is 3.13. The molecule has 0 aromatic heterocycles. The van der Waals surface area contributed by atoms with E-state index in [1.54, 1.807) is 0 Å². The molecule has 0 spiro atoms. The van der Waals surface area contributed by atoms with Gasteiger partial charge in [-0.2, -0.15) is 0 Å². The molecule has 3 heteroatoms. The molecular formula is C10H12BrNO. The molecule has 0 aliphatic heterocycles. The van der Waals surface area contributed by atoms with Crippen LogP contribution in [0.3, 0.4) is 0 Å². The van der Waals surface area contributed by atoms with Gasteiger partial charge in [-0.1, -0.05) is 6.07 Å². The molecule has 1 aliphatic rings. The van der Waals surface area contributed by atoms with E-state index in [1.807, 2.05) is 25.2 Å². The lowest BCUT2D eigenvalue weighted by Crippen LogP contribution is -2.00. The highest BCUT2D eigenvalue weighted by atomic mass is 79.9. The Hall–Kier alpha value is -0.700. The molecular weight excluding hydrogens is 230 g/mol. The number of benzene rings is 1. The summed E-state index contributed by atoms with van der Waals surface area (Å²) < 4.78 is 6.78. The summed E-state index contributed by atoms with van der Waals surface area (Å²) in [5.74, 6) is 0.944. The number of hydrogen-bond donors (Lipinski definition) is 1. The minimum atomic E-state index is 0.446. The van der Waals surface area contributed by atoms with Gasteiger partial charge in [-0.25, -0.2) is 0 Å². The van der Waals surface area contributed by atoms with Gasteiger partial charge >= 0.3 is 0 Å². The summed E-state index contributed by atoms with van der Waals surface area (Å²) in [5.41, 5.74) is 1.04. The standard InChI is InChI=1S/C10H12BrNO/c1-12-10-8(11)3-2-4-9(10)13-7-5-6-7/h2-4,7,12H,5-6H2,1H3. The lowest BCUT2D eigenvalue weighted by atomic mass is 10.3. The number of ether oxygens (including phenoxy) is 1. The molecule has 1 aromatic rings. The normalized spacial score (nSPS) is 15.5. The molecule has 0 unspecified atom stereocenters. The maximum Gasteiger partial charge on any atom is 0.143 e. The molecule has 1 fully saturated rings. The van der Waals surface area contributed by atoms with E-state index in [0.717, 1.165) is 15.9 Å². The highest BCUT2D eigenvalue weighted by Gasteiger charge is 2.24. The Morgan fingerprint density at radius 1 is 1.46 bits per heavy atom. The molecule has 0 saturated heterocycles. The number of para-hydroxylation sites is 1. The molecule has 0 bridgehead atoms. The number of hydrogen-bond acceptors (Lipinski definition) is 2. The summed E-state index contributed by atoms with van der Waals surface area (Å²) in [6.45, 7) is 0. The maximum atomic E-state index is 5.74. The summed E-state index contributed by atoms with van der Waals surface area (Å²) in [6, 6.07) is 5.99. The number of rotatable bonds is 3. The van der Waals surface area contributed by atoms with E-state index in [9.17, 15) is 0 Å². The van der Waals surface area contributed by atoms with Crippen molar-refractivity contribution in [2.45, 2.75) is 18.9 Å². The third-order valence-corrected chi connectivity index (χ3v) is 2.70. The lowest BCUT2D eigenvalue weighted by molar-refractivity contribution is 0.304. The van der Waals surface area contributed by atoms with Crippen LogP contribution in [0.15, 0.2) is 22.7 Å². The Morgan fingerprint density at radius 2 is 2.23 bits per heavy atom. The summed E-state index contributed by atoms with van der Waals surface area (Å²) in [7, 11) is 1.90. The van der Waals surface area contributed by atoms with E-state index < -0.39 is 0 Å². The Labute approximate surface area is 86.4 Å². The van der Waals surface area contributed by atoms with Gasteiger partial charge in [0.1, 0.15) is 5.75 Å². The second-order valence-electron chi connectivity index (χ2n) is 3.18. The van der Waals surface area contributed by atoms with Gasteiger partial charge in [0.15, 0.2) is 0 Å². The predicted octanol–water partition coefficient (Wildman–Crippen LogP) is 3.03. The fourth-order valence-corrected chi connectivity index (χ4v) is 1.76. The van der Waals surface area contributed by atoms with Gasteiger partial charge in [0.2, 0.25) is 0 Å². The quantitative estimate of drug-likeness (QED) is 0.879. The minimum Gasteiger partial charge on any atom is -0.488 e. The zero-order valence-corrected chi connectivity index (χ0v) is 9.10. The first-order valence-electron chi connectivity index (χ1n) is 4.44. The van der Waals surface area contributed by atoms with E-state index >= 15 is 0 Å². The fraction of sp³-hybridized carbons (Fsp3) is 0.400. The second-order valence-corrected chi connectivity index (χ2v) is 4.03. The predicted molar refractivity (Wildman–Crippen MR) is 57.3 cm³/mol. The number of halogens is 1. The smallest absolute Gasteiger partial charge is 0.143 e. The van der Waals surface area contributed by atoms with Crippen molar-refractivity contribution in [3.63, 3.8) is 0 Å². The van der Waals surface area contributed by atoms with Gasteiger partial charge in [0.25, 0.3) is 0 Å². The maximum absolute atomic E-state index is 5.74. The van der Waals surface area contributed by atoms with Crippen molar-refractivity contribution < 1.29 is 4.74 Å². The average Bonchev–Trinajstić information content (AvgIpc) is 2.89. The molecule has 2 nitrogen and oxygen atoms in total. The third-order valence-electron chi connectivity index (χ3n) is 2.04. The fourth-order valence-electron chi connectivity index (χ4n) is 1.21. The van der Waals surface area contributed by atoms with Gasteiger partial charge in [-0.05, 0) is 40.9 Å². The van der Waals surface area contributed by atoms with Crippen molar-refractivity contribution in [1.29, 1.82) is 0 Å². The largest absolute Gasteiger partial charge is 0.488 e. The Morgan fingerprint density at radius 3 is 2.85 bits per heavy atom. The second kappa shape index (κ2) is 3.58. The van der Waals surface area contributed by atoms with Crippen molar-refractivity contribution in [2.75, 3.05) is 12.4 Å². The van der Waals surface area contributed by atoms with Crippen LogP contribution >= 0.6 is 15.9 Å². The molecule has 1 saturated carbocycles. The summed E-state index contributed by atoms with van der Waals surface area (Å²) >= 11 is 3.48. The first kappa shape index (κ1) is 8.88. The van der Waals surface area contributed by atoms with E-state index in [0.29, 0.717) is 6.10 Å². The van der Waals surface area contributed by atoms with Gasteiger partial charge in [-0.15, -0.1) is 0 Å². The van der Waals surface area contributed by atoms with E-state index in [4.69, 9.17) is 4.74 Å². The topological polar surface area (TPSA) is 21.3 Å². The van der Waals surface area contributed by atoms with Crippen LogP contribution in [0.2, 0.25) is 0 Å². The molecule has 13 heavy (non-hydrogen) atoms. The highest BCUT2D eigenvalue weighted by Crippen LogP contribution is 2.36. The van der Waals surface area contributed by atoms with Crippen LogP contribution in [0, 0.1) is 0 Å². The first-order chi connectivity index (χ1) is 6.31. The van der Waals surface area contributed by atoms with Gasteiger partial charge in [-0.3, -0.25) is 0 Å². The average molecular weight is 242 g/mol. The lowest BCUT2D eigenvalue weighted by Gasteiger charge is -2.11. The Balaban J connectivity index is 2.25. The number of nitrogens with one attached hydrogen (secondary N) is 1. The van der Waals surface area contributed by atoms with Gasteiger partial charge in [0.05, 0.1) is 11.8 Å². The van der Waals surface area contributed by atoms with Crippen LogP contribution < -0.4 is 10.1 Å². The van der Waals surface area contributed by atoms with Crippen LogP contribution in [0.1, 0.15) is 12.8 Å². The Bertz CT molecular complexity index is 310. The molecule has 1 aliphatic carbocycles. The van der Waals surface area contributed by atoms with Crippen molar-refractivity contribution in [3.8, 4) is 5.75 Å². The zero-order valence-electron chi connectivity index (χ0n) is 7.51. The molecule has 0 heterocycles. The number of anilines is 1. The zero-order chi connectivity index (χ0) is 9.26. The van der Waals surface area contributed by atoms with Crippen LogP contribution in [-0.4, -0.2) is 13.2 Å². The van der Waals surface area contributed by atoms with Crippen molar-refractivity contribution in [2.24, 2.45) is 0 Å². The van der Waals surface area contributed by atoms with Crippen LogP contribution in [-0.2, 0) is 0 Å². The van der Waals surface area contributed by atoms with Gasteiger partial charge < -0.3 is 10.1 Å². The molecule has 2 rings (SSSR count). The van der Waals surface area contributed by atoms with Gasteiger partial charge in [0, 0.05) is 11.5 Å². The molecule has 70 valence electrons. The first-order valence-corrected chi connectivity index (χ1v) is 5.23. The van der Waals surface area contributed by atoms with Crippen LogP contribution in [0.5, 0.6) is 5.75 Å². The SMILES string of the molecule is CNc1c(Br)cccc1OC1CC1. The van der Waals surface area contributed by atoms with Crippen molar-refractivity contribution in [1.82, 2.24) is 0 Å². The van der Waals surface area contributed by atoms with Crippen LogP contribution in [0.25, 0.3) is 0 Å². The van der Waals surface area contributed by atoms with Crippen molar-refractivity contribution in [3.05, 3.63) is 22.7 Å². The molecule has 0 amide bonds. The van der Waals surface area contributed by atoms with E-state index in [2.05, 4.69) is 21.2 Å². The molecule has 0 radical (unpaired) electrons. The molecule has 1 aromatic carbocycles.